The Labute approximate surface area is 195 Å². The second-order valence-corrected chi connectivity index (χ2v) is 9.26. The average Bonchev–Trinajstić information content (AvgIpc) is 2.94. The molecule has 1 N–H and O–H groups in total. The smallest absolute Gasteiger partial charge is 0.257 e. The zero-order valence-corrected chi connectivity index (χ0v) is 19.3. The SMILES string of the molecule is CCN1CC(Oc2ccc3c(c2)OCCN(CC(O)CN2CCc4ccccc4C2)C3=O)C1. The summed E-state index contributed by atoms with van der Waals surface area (Å²) in [5, 5.41) is 10.8. The van der Waals surface area contributed by atoms with Gasteiger partial charge in [-0.25, -0.2) is 0 Å². The zero-order chi connectivity index (χ0) is 22.8. The summed E-state index contributed by atoms with van der Waals surface area (Å²) in [6.07, 6.45) is 0.579. The number of likely N-dealkylation sites (tertiary alicyclic amines) is 1. The molecule has 1 amide bonds. The van der Waals surface area contributed by atoms with Gasteiger partial charge in [0.2, 0.25) is 0 Å². The first-order valence-corrected chi connectivity index (χ1v) is 12.0. The van der Waals surface area contributed by atoms with Crippen LogP contribution in [-0.4, -0.2) is 90.3 Å². The lowest BCUT2D eigenvalue weighted by Crippen LogP contribution is -2.53. The second-order valence-electron chi connectivity index (χ2n) is 9.26. The molecule has 33 heavy (non-hydrogen) atoms. The van der Waals surface area contributed by atoms with Crippen molar-refractivity contribution < 1.29 is 19.4 Å². The predicted octanol–water partition coefficient (Wildman–Crippen LogP) is 2.02. The number of benzene rings is 2. The Morgan fingerprint density at radius 2 is 1.91 bits per heavy atom. The Morgan fingerprint density at radius 1 is 1.09 bits per heavy atom. The lowest BCUT2D eigenvalue weighted by molar-refractivity contribution is 0.0237. The molecule has 0 radical (unpaired) electrons. The standard InChI is InChI=1S/C26H33N3O4/c1-2-27-17-23(18-27)33-22-7-8-24-25(13-22)32-12-11-29(26(24)31)16-21(30)15-28-10-9-19-5-3-4-6-20(19)14-28/h3-8,13,21,23,30H,2,9-12,14-18H2,1H3. The lowest BCUT2D eigenvalue weighted by Gasteiger charge is -2.38. The molecule has 0 aliphatic carbocycles. The van der Waals surface area contributed by atoms with Crippen LogP contribution in [0.1, 0.15) is 28.4 Å². The van der Waals surface area contributed by atoms with Crippen LogP contribution in [0.3, 0.4) is 0 Å². The van der Waals surface area contributed by atoms with Gasteiger partial charge in [0.05, 0.1) is 18.2 Å². The Bertz CT molecular complexity index is 991. The lowest BCUT2D eigenvalue weighted by atomic mass is 10.00. The molecule has 3 heterocycles. The molecule has 7 heteroatoms. The van der Waals surface area contributed by atoms with E-state index < -0.39 is 6.10 Å². The van der Waals surface area contributed by atoms with Crippen LogP contribution in [0.15, 0.2) is 42.5 Å². The third-order valence-corrected chi connectivity index (χ3v) is 6.87. The fourth-order valence-corrected chi connectivity index (χ4v) is 4.95. The van der Waals surface area contributed by atoms with Crippen molar-refractivity contribution in [2.45, 2.75) is 32.1 Å². The zero-order valence-electron chi connectivity index (χ0n) is 19.3. The van der Waals surface area contributed by atoms with Crippen molar-refractivity contribution in [2.24, 2.45) is 0 Å². The number of rotatable bonds is 7. The molecule has 1 saturated heterocycles. The summed E-state index contributed by atoms with van der Waals surface area (Å²) in [4.78, 5) is 19.5. The number of carbonyl (C=O) groups excluding carboxylic acids is 1. The van der Waals surface area contributed by atoms with E-state index in [1.165, 1.54) is 11.1 Å². The van der Waals surface area contributed by atoms with E-state index in [9.17, 15) is 9.90 Å². The van der Waals surface area contributed by atoms with Crippen molar-refractivity contribution in [2.75, 3.05) is 52.4 Å². The van der Waals surface area contributed by atoms with Crippen molar-refractivity contribution in [1.29, 1.82) is 0 Å². The third kappa shape index (κ3) is 5.00. The van der Waals surface area contributed by atoms with Crippen LogP contribution >= 0.6 is 0 Å². The van der Waals surface area contributed by atoms with Crippen LogP contribution in [0, 0.1) is 0 Å². The summed E-state index contributed by atoms with van der Waals surface area (Å²) in [5.41, 5.74) is 3.25. The van der Waals surface area contributed by atoms with Crippen molar-refractivity contribution in [3.63, 3.8) is 0 Å². The number of β-amino-alcohol motifs (C(OH)–C–C–N with tert-alkyl or cyclic N) is 1. The van der Waals surface area contributed by atoms with Crippen LogP contribution in [0.2, 0.25) is 0 Å². The molecule has 0 spiro atoms. The minimum absolute atomic E-state index is 0.0992. The number of likely N-dealkylation sites (N-methyl/N-ethyl adjacent to an activating group) is 1. The summed E-state index contributed by atoms with van der Waals surface area (Å²) in [6, 6.07) is 13.9. The molecule has 176 valence electrons. The van der Waals surface area contributed by atoms with E-state index in [4.69, 9.17) is 9.47 Å². The number of hydrogen-bond donors (Lipinski definition) is 1. The van der Waals surface area contributed by atoms with Crippen LogP contribution in [-0.2, 0) is 13.0 Å². The summed E-state index contributed by atoms with van der Waals surface area (Å²) in [6.45, 7) is 8.52. The number of carbonyl (C=O) groups is 1. The van der Waals surface area contributed by atoms with Gasteiger partial charge in [-0.05, 0) is 36.2 Å². The predicted molar refractivity (Wildman–Crippen MR) is 126 cm³/mol. The quantitative estimate of drug-likeness (QED) is 0.695. The molecule has 3 aliphatic heterocycles. The number of ether oxygens (including phenoxy) is 2. The number of aliphatic hydroxyl groups excluding tert-OH is 1. The van der Waals surface area contributed by atoms with Crippen LogP contribution in [0.4, 0.5) is 0 Å². The van der Waals surface area contributed by atoms with Crippen LogP contribution < -0.4 is 9.47 Å². The van der Waals surface area contributed by atoms with Gasteiger partial charge in [0.1, 0.15) is 24.2 Å². The number of amides is 1. The number of fused-ring (bicyclic) bond motifs is 2. The fraction of sp³-hybridized carbons (Fsp3) is 0.500. The van der Waals surface area contributed by atoms with Gasteiger partial charge in [-0.1, -0.05) is 31.2 Å². The summed E-state index contributed by atoms with van der Waals surface area (Å²) < 4.78 is 11.9. The average molecular weight is 452 g/mol. The molecule has 2 aromatic carbocycles. The maximum atomic E-state index is 13.2. The van der Waals surface area contributed by atoms with Crippen LogP contribution in [0.25, 0.3) is 0 Å². The molecule has 2 aromatic rings. The minimum Gasteiger partial charge on any atom is -0.491 e. The van der Waals surface area contributed by atoms with Crippen molar-refractivity contribution in [3.8, 4) is 11.5 Å². The van der Waals surface area contributed by atoms with E-state index in [0.29, 0.717) is 37.6 Å². The normalized spacial score (nSPS) is 20.3. The van der Waals surface area contributed by atoms with E-state index >= 15 is 0 Å². The minimum atomic E-state index is -0.608. The molecular weight excluding hydrogens is 418 g/mol. The van der Waals surface area contributed by atoms with Crippen molar-refractivity contribution in [1.82, 2.24) is 14.7 Å². The first kappa shape index (κ1) is 22.2. The Balaban J connectivity index is 1.18. The molecule has 1 unspecified atom stereocenters. The van der Waals surface area contributed by atoms with E-state index in [1.54, 1.807) is 11.0 Å². The van der Waals surface area contributed by atoms with E-state index in [-0.39, 0.29) is 12.0 Å². The summed E-state index contributed by atoms with van der Waals surface area (Å²) in [5.74, 6) is 1.20. The van der Waals surface area contributed by atoms with E-state index in [2.05, 4.69) is 41.0 Å². The molecule has 0 bridgehead atoms. The van der Waals surface area contributed by atoms with Gasteiger partial charge in [0, 0.05) is 45.3 Å². The number of hydrogen-bond acceptors (Lipinski definition) is 6. The highest BCUT2D eigenvalue weighted by Crippen LogP contribution is 2.29. The topological polar surface area (TPSA) is 65.5 Å². The monoisotopic (exact) mass is 451 g/mol. The van der Waals surface area contributed by atoms with Gasteiger partial charge in [-0.15, -0.1) is 0 Å². The second kappa shape index (κ2) is 9.71. The molecule has 7 nitrogen and oxygen atoms in total. The molecule has 1 atom stereocenters. The van der Waals surface area contributed by atoms with Gasteiger partial charge in [0.15, 0.2) is 0 Å². The molecular formula is C26H33N3O4. The van der Waals surface area contributed by atoms with E-state index in [0.717, 1.165) is 44.9 Å². The van der Waals surface area contributed by atoms with Crippen molar-refractivity contribution >= 4 is 5.91 Å². The molecule has 1 fully saturated rings. The molecule has 3 aliphatic rings. The first-order valence-electron chi connectivity index (χ1n) is 12.0. The third-order valence-electron chi connectivity index (χ3n) is 6.87. The first-order chi connectivity index (χ1) is 16.1. The highest BCUT2D eigenvalue weighted by molar-refractivity contribution is 5.97. The van der Waals surface area contributed by atoms with Gasteiger partial charge < -0.3 is 19.5 Å². The van der Waals surface area contributed by atoms with E-state index in [1.807, 2.05) is 12.1 Å². The largest absolute Gasteiger partial charge is 0.491 e. The summed E-state index contributed by atoms with van der Waals surface area (Å²) in [7, 11) is 0. The van der Waals surface area contributed by atoms with Gasteiger partial charge in [0.25, 0.3) is 5.91 Å². The van der Waals surface area contributed by atoms with Gasteiger partial charge in [-0.3, -0.25) is 14.6 Å². The van der Waals surface area contributed by atoms with Gasteiger partial charge in [-0.2, -0.15) is 0 Å². The van der Waals surface area contributed by atoms with Crippen LogP contribution in [0.5, 0.6) is 11.5 Å². The highest BCUT2D eigenvalue weighted by atomic mass is 16.5. The molecule has 0 saturated carbocycles. The fourth-order valence-electron chi connectivity index (χ4n) is 4.95. The number of nitrogens with zero attached hydrogens (tertiary/aromatic N) is 3. The molecule has 5 rings (SSSR count). The number of aliphatic hydroxyl groups is 1. The van der Waals surface area contributed by atoms with Gasteiger partial charge >= 0.3 is 0 Å². The Morgan fingerprint density at radius 3 is 2.73 bits per heavy atom. The highest BCUT2D eigenvalue weighted by Gasteiger charge is 2.29. The Hall–Kier alpha value is -2.61. The summed E-state index contributed by atoms with van der Waals surface area (Å²) >= 11 is 0. The van der Waals surface area contributed by atoms with Crippen molar-refractivity contribution in [3.05, 3.63) is 59.2 Å². The Kier molecular flexibility index (Phi) is 6.53. The maximum absolute atomic E-state index is 13.2. The molecule has 0 aromatic heterocycles. The maximum Gasteiger partial charge on any atom is 0.257 e.